The molecule has 124 valence electrons. The highest BCUT2D eigenvalue weighted by Gasteiger charge is 2.12. The number of thioether (sulfide) groups is 1. The van der Waals surface area contributed by atoms with Crippen LogP contribution in [0.5, 0.6) is 5.75 Å². The van der Waals surface area contributed by atoms with Crippen molar-refractivity contribution >= 4 is 35.4 Å². The molecule has 0 radical (unpaired) electrons. The fourth-order valence-electron chi connectivity index (χ4n) is 1.91. The molecule has 0 aliphatic heterocycles. The van der Waals surface area contributed by atoms with Gasteiger partial charge in [-0.3, -0.25) is 4.79 Å². The first-order valence-electron chi connectivity index (χ1n) is 7.15. The third-order valence-electron chi connectivity index (χ3n) is 3.02. The van der Waals surface area contributed by atoms with Gasteiger partial charge in [0, 0.05) is 11.8 Å². The molecule has 2 rings (SSSR count). The molecule has 2 N–H and O–H groups in total. The van der Waals surface area contributed by atoms with Crippen LogP contribution >= 0.6 is 11.8 Å². The number of nitrogens with one attached hydrogen (secondary N) is 1. The van der Waals surface area contributed by atoms with Crippen LogP contribution in [0, 0.1) is 0 Å². The van der Waals surface area contributed by atoms with Gasteiger partial charge in [-0.2, -0.15) is 0 Å². The topological polar surface area (TPSA) is 75.6 Å². The predicted molar refractivity (Wildman–Crippen MR) is 96.1 cm³/mol. The molecule has 0 fully saturated rings. The lowest BCUT2D eigenvalue weighted by Gasteiger charge is -2.07. The fourth-order valence-corrected chi connectivity index (χ4v) is 2.61. The molecule has 0 atom stereocenters. The van der Waals surface area contributed by atoms with E-state index in [1.54, 1.807) is 49.6 Å². The maximum Gasteiger partial charge on any atom is 0.342 e. The lowest BCUT2D eigenvalue weighted by molar-refractivity contribution is -0.131. The van der Waals surface area contributed by atoms with Crippen LogP contribution in [0.25, 0.3) is 6.08 Å². The molecular formula is C18H17NO4S. The van der Waals surface area contributed by atoms with E-state index in [1.807, 2.05) is 18.2 Å². The van der Waals surface area contributed by atoms with Crippen molar-refractivity contribution in [1.29, 1.82) is 0 Å². The van der Waals surface area contributed by atoms with Gasteiger partial charge in [-0.05, 0) is 23.8 Å². The lowest BCUT2D eigenvalue weighted by Crippen LogP contribution is -2.15. The number of aliphatic carboxylic acids is 1. The summed E-state index contributed by atoms with van der Waals surface area (Å²) in [6.07, 6.45) is 1.55. The summed E-state index contributed by atoms with van der Waals surface area (Å²) in [6.45, 7) is 0. The number of carbonyl (C=O) groups excluding carboxylic acids is 1. The van der Waals surface area contributed by atoms with Crippen LogP contribution in [0.1, 0.15) is 5.56 Å². The Kier molecular flexibility index (Phi) is 6.45. The number of rotatable bonds is 7. The summed E-state index contributed by atoms with van der Waals surface area (Å²) in [5, 5.41) is 12.0. The fraction of sp³-hybridized carbons (Fsp3) is 0.111. The minimum atomic E-state index is -1.06. The van der Waals surface area contributed by atoms with Crippen molar-refractivity contribution < 1.29 is 19.4 Å². The Bertz CT molecular complexity index is 744. The number of ether oxygens (including phenoxy) is 1. The minimum absolute atomic E-state index is 0.00216. The Morgan fingerprint density at radius 2 is 1.92 bits per heavy atom. The van der Waals surface area contributed by atoms with Gasteiger partial charge in [-0.1, -0.05) is 36.4 Å². The first kappa shape index (κ1) is 17.6. The van der Waals surface area contributed by atoms with E-state index < -0.39 is 5.97 Å². The average Bonchev–Trinajstić information content (AvgIpc) is 2.59. The van der Waals surface area contributed by atoms with E-state index in [9.17, 15) is 14.7 Å². The zero-order chi connectivity index (χ0) is 17.4. The molecule has 6 heteroatoms. The van der Waals surface area contributed by atoms with Gasteiger partial charge in [0.1, 0.15) is 5.75 Å². The van der Waals surface area contributed by atoms with Gasteiger partial charge in [0.25, 0.3) is 0 Å². The molecule has 24 heavy (non-hydrogen) atoms. The molecule has 0 spiro atoms. The first-order valence-corrected chi connectivity index (χ1v) is 8.14. The second-order valence-corrected chi connectivity index (χ2v) is 5.81. The van der Waals surface area contributed by atoms with E-state index in [4.69, 9.17) is 4.74 Å². The number of anilines is 1. The van der Waals surface area contributed by atoms with Gasteiger partial charge in [-0.15, -0.1) is 11.8 Å². The van der Waals surface area contributed by atoms with Gasteiger partial charge >= 0.3 is 5.97 Å². The van der Waals surface area contributed by atoms with Gasteiger partial charge in [0.05, 0.1) is 17.8 Å². The first-order chi connectivity index (χ1) is 11.6. The Labute approximate surface area is 144 Å². The SMILES string of the molecule is COc1cccc(NC(=O)CS/C(=C/c2ccccc2)C(=O)O)c1. The molecule has 5 nitrogen and oxygen atoms in total. The van der Waals surface area contributed by atoms with Gasteiger partial charge in [0.2, 0.25) is 5.91 Å². The number of methoxy groups -OCH3 is 1. The van der Waals surface area contributed by atoms with Crippen molar-refractivity contribution in [3.63, 3.8) is 0 Å². The second-order valence-electron chi connectivity index (χ2n) is 4.79. The predicted octanol–water partition coefficient (Wildman–Crippen LogP) is 3.49. The van der Waals surface area contributed by atoms with Crippen LogP contribution in [0.4, 0.5) is 5.69 Å². The Morgan fingerprint density at radius 1 is 1.17 bits per heavy atom. The number of carboxylic acid groups (broad SMARTS) is 1. The van der Waals surface area contributed by atoms with Crippen LogP contribution in [0.15, 0.2) is 59.5 Å². The summed E-state index contributed by atoms with van der Waals surface area (Å²) in [5.41, 5.74) is 1.37. The van der Waals surface area contributed by atoms with Crippen LogP contribution in [0.2, 0.25) is 0 Å². The molecule has 0 aromatic heterocycles. The number of hydrogen-bond acceptors (Lipinski definition) is 4. The van der Waals surface area contributed by atoms with Crippen molar-refractivity contribution in [3.05, 3.63) is 65.1 Å². The van der Waals surface area contributed by atoms with Gasteiger partial charge in [-0.25, -0.2) is 4.79 Å². The molecule has 2 aromatic rings. The average molecular weight is 343 g/mol. The smallest absolute Gasteiger partial charge is 0.342 e. The minimum Gasteiger partial charge on any atom is -0.497 e. The Balaban J connectivity index is 1.97. The second kappa shape index (κ2) is 8.79. The monoisotopic (exact) mass is 343 g/mol. The summed E-state index contributed by atoms with van der Waals surface area (Å²) in [6, 6.07) is 16.1. The lowest BCUT2D eigenvalue weighted by atomic mass is 10.2. The van der Waals surface area contributed by atoms with Crippen molar-refractivity contribution in [3.8, 4) is 5.75 Å². The molecule has 0 saturated heterocycles. The normalized spacial score (nSPS) is 11.0. The summed E-state index contributed by atoms with van der Waals surface area (Å²) in [7, 11) is 1.55. The molecule has 0 aliphatic carbocycles. The number of carboxylic acids is 1. The van der Waals surface area contributed by atoms with Gasteiger partial charge in [0.15, 0.2) is 0 Å². The maximum atomic E-state index is 12.0. The highest BCUT2D eigenvalue weighted by molar-refractivity contribution is 8.04. The van der Waals surface area contributed by atoms with E-state index >= 15 is 0 Å². The summed E-state index contributed by atoms with van der Waals surface area (Å²) >= 11 is 0.980. The third-order valence-corrected chi connectivity index (χ3v) is 4.03. The Morgan fingerprint density at radius 3 is 2.58 bits per heavy atom. The molecule has 0 unspecified atom stereocenters. The van der Waals surface area contributed by atoms with Crippen LogP contribution < -0.4 is 10.1 Å². The van der Waals surface area contributed by atoms with Crippen LogP contribution in [-0.4, -0.2) is 29.8 Å². The summed E-state index contributed by atoms with van der Waals surface area (Å²) < 4.78 is 5.09. The number of hydrogen-bond donors (Lipinski definition) is 2. The van der Waals surface area contributed by atoms with Crippen LogP contribution in [-0.2, 0) is 9.59 Å². The summed E-state index contributed by atoms with van der Waals surface area (Å²) in [4.78, 5) is 23.4. The van der Waals surface area contributed by atoms with E-state index in [2.05, 4.69) is 5.32 Å². The largest absolute Gasteiger partial charge is 0.497 e. The van der Waals surface area contributed by atoms with Crippen LogP contribution in [0.3, 0.4) is 0 Å². The highest BCUT2D eigenvalue weighted by atomic mass is 32.2. The highest BCUT2D eigenvalue weighted by Crippen LogP contribution is 2.21. The maximum absolute atomic E-state index is 12.0. The molecule has 0 heterocycles. The molecule has 0 aliphatic rings. The van der Waals surface area contributed by atoms with Crippen molar-refractivity contribution in [2.45, 2.75) is 0 Å². The van der Waals surface area contributed by atoms with Crippen molar-refractivity contribution in [2.24, 2.45) is 0 Å². The van der Waals surface area contributed by atoms with E-state index in [1.165, 1.54) is 0 Å². The molecular weight excluding hydrogens is 326 g/mol. The van der Waals surface area contributed by atoms with E-state index in [-0.39, 0.29) is 16.6 Å². The quantitative estimate of drug-likeness (QED) is 0.753. The zero-order valence-electron chi connectivity index (χ0n) is 13.1. The summed E-state index contributed by atoms with van der Waals surface area (Å²) in [5.74, 6) is -0.704. The Hall–Kier alpha value is -2.73. The van der Waals surface area contributed by atoms with Crippen molar-refractivity contribution in [1.82, 2.24) is 0 Å². The number of amides is 1. The third kappa shape index (κ3) is 5.48. The van der Waals surface area contributed by atoms with Crippen molar-refractivity contribution in [2.75, 3.05) is 18.2 Å². The standard InChI is InChI=1S/C18H17NO4S/c1-23-15-9-5-8-14(11-15)19-17(20)12-24-16(18(21)22)10-13-6-3-2-4-7-13/h2-11H,12H2,1H3,(H,19,20)(H,21,22)/b16-10+. The van der Waals surface area contributed by atoms with E-state index in [0.717, 1.165) is 17.3 Å². The van der Waals surface area contributed by atoms with E-state index in [0.29, 0.717) is 11.4 Å². The molecule has 0 bridgehead atoms. The molecule has 0 saturated carbocycles. The number of carbonyl (C=O) groups is 2. The number of benzene rings is 2. The molecule has 1 amide bonds. The molecule has 2 aromatic carbocycles. The zero-order valence-corrected chi connectivity index (χ0v) is 13.9. The van der Waals surface area contributed by atoms with Gasteiger partial charge < -0.3 is 15.2 Å².